The summed E-state index contributed by atoms with van der Waals surface area (Å²) in [5.74, 6) is -3.28. The van der Waals surface area contributed by atoms with Crippen molar-refractivity contribution < 1.29 is 22.4 Å². The molecule has 4 nitrogen and oxygen atoms in total. The summed E-state index contributed by atoms with van der Waals surface area (Å²) < 4.78 is 51.8. The molecule has 1 aliphatic rings. The summed E-state index contributed by atoms with van der Waals surface area (Å²) in [4.78, 5) is 15.3. The van der Waals surface area contributed by atoms with Crippen molar-refractivity contribution in [2.75, 3.05) is 0 Å². The number of carbonyl (C=O) groups is 1. The van der Waals surface area contributed by atoms with E-state index in [0.29, 0.717) is 6.07 Å². The van der Waals surface area contributed by atoms with Gasteiger partial charge in [-0.15, -0.1) is 0 Å². The molecule has 1 amide bonds. The van der Waals surface area contributed by atoms with Crippen molar-refractivity contribution >= 4 is 11.9 Å². The first-order valence-electron chi connectivity index (χ1n) is 6.45. The van der Waals surface area contributed by atoms with E-state index in [1.807, 2.05) is 0 Å². The molecule has 1 fully saturated rings. The molecular weight excluding hydrogens is 302 g/mol. The molecule has 1 saturated carbocycles. The maximum atomic E-state index is 13.5. The number of nitrogens with zero attached hydrogens (tertiary/aromatic N) is 1. The molecule has 0 aromatic heterocycles. The first-order chi connectivity index (χ1) is 9.94. The Hall–Kier alpha value is -2.12. The van der Waals surface area contributed by atoms with Crippen LogP contribution in [0.5, 0.6) is 0 Å². The topological polar surface area (TPSA) is 81.5 Å². The largest absolute Gasteiger partial charge is 0.416 e. The first kappa shape index (κ1) is 16.3. The smallest absolute Gasteiger partial charge is 0.370 e. The predicted octanol–water partition coefficient (Wildman–Crippen LogP) is 2.38. The summed E-state index contributed by atoms with van der Waals surface area (Å²) in [6.45, 7) is 3.39. The van der Waals surface area contributed by atoms with Crippen molar-refractivity contribution in [1.82, 2.24) is 0 Å². The Morgan fingerprint density at radius 3 is 2.32 bits per heavy atom. The summed E-state index contributed by atoms with van der Waals surface area (Å²) in [7, 11) is 0. The van der Waals surface area contributed by atoms with E-state index >= 15 is 0 Å². The second-order valence-corrected chi connectivity index (χ2v) is 5.92. The lowest BCUT2D eigenvalue weighted by Crippen LogP contribution is -2.25. The van der Waals surface area contributed by atoms with Crippen LogP contribution in [0.15, 0.2) is 23.2 Å². The fourth-order valence-corrected chi connectivity index (χ4v) is 2.87. The molecule has 0 heterocycles. The zero-order valence-electron chi connectivity index (χ0n) is 11.9. The summed E-state index contributed by atoms with van der Waals surface area (Å²) in [6.07, 6.45) is -4.66. The summed E-state index contributed by atoms with van der Waals surface area (Å²) in [5, 5.41) is 0. The maximum absolute atomic E-state index is 13.5. The van der Waals surface area contributed by atoms with Gasteiger partial charge in [0.15, 0.2) is 5.96 Å². The zero-order chi connectivity index (χ0) is 16.9. The van der Waals surface area contributed by atoms with Crippen LogP contribution >= 0.6 is 0 Å². The molecule has 0 bridgehead atoms. The molecule has 1 aliphatic carbocycles. The molecule has 0 radical (unpaired) electrons. The van der Waals surface area contributed by atoms with Crippen LogP contribution in [0.2, 0.25) is 0 Å². The van der Waals surface area contributed by atoms with Gasteiger partial charge in [-0.25, -0.2) is 4.39 Å². The summed E-state index contributed by atoms with van der Waals surface area (Å²) in [6, 6.07) is 2.29. The van der Waals surface area contributed by atoms with E-state index in [9.17, 15) is 22.4 Å². The van der Waals surface area contributed by atoms with Crippen molar-refractivity contribution in [2.45, 2.75) is 25.9 Å². The second-order valence-electron chi connectivity index (χ2n) is 5.92. The number of benzene rings is 1. The number of nitrogens with two attached hydrogens (primary N) is 2. The van der Waals surface area contributed by atoms with E-state index in [4.69, 9.17) is 11.5 Å². The Labute approximate surface area is 124 Å². The predicted molar refractivity (Wildman–Crippen MR) is 72.2 cm³/mol. The van der Waals surface area contributed by atoms with Crippen LogP contribution in [0, 0.1) is 17.2 Å². The Morgan fingerprint density at radius 1 is 1.23 bits per heavy atom. The normalized spacial score (nSPS) is 23.0. The molecule has 2 rings (SSSR count). The monoisotopic (exact) mass is 317 g/mol. The van der Waals surface area contributed by atoms with Gasteiger partial charge in [0, 0.05) is 5.92 Å². The SMILES string of the molecule is CC1(C)C(C(=O)N=C(N)N)C1c1cc(F)cc(C(F)(F)F)c1. The number of guanidine groups is 1. The van der Waals surface area contributed by atoms with Crippen LogP contribution in [-0.2, 0) is 11.0 Å². The molecule has 1 aromatic rings. The molecule has 0 saturated heterocycles. The second kappa shape index (κ2) is 4.96. The van der Waals surface area contributed by atoms with E-state index < -0.39 is 46.7 Å². The van der Waals surface area contributed by atoms with Gasteiger partial charge in [0.1, 0.15) is 5.82 Å². The number of hydrogen-bond acceptors (Lipinski definition) is 1. The van der Waals surface area contributed by atoms with E-state index in [2.05, 4.69) is 4.99 Å². The minimum Gasteiger partial charge on any atom is -0.370 e. The number of aliphatic imine (C=N–C) groups is 1. The van der Waals surface area contributed by atoms with Gasteiger partial charge in [-0.1, -0.05) is 13.8 Å². The van der Waals surface area contributed by atoms with E-state index in [1.54, 1.807) is 13.8 Å². The number of halogens is 4. The molecular formula is C14H15F4N3O. The van der Waals surface area contributed by atoms with Crippen molar-refractivity contribution in [3.63, 3.8) is 0 Å². The van der Waals surface area contributed by atoms with Gasteiger partial charge in [-0.2, -0.15) is 18.2 Å². The lowest BCUT2D eigenvalue weighted by atomic mass is 10.0. The lowest BCUT2D eigenvalue weighted by molar-refractivity contribution is -0.137. The summed E-state index contributed by atoms with van der Waals surface area (Å²) in [5.41, 5.74) is 8.65. The molecule has 0 aliphatic heterocycles. The highest BCUT2D eigenvalue weighted by atomic mass is 19.4. The van der Waals surface area contributed by atoms with Crippen LogP contribution < -0.4 is 11.5 Å². The van der Waals surface area contributed by atoms with E-state index in [-0.39, 0.29) is 5.56 Å². The average molecular weight is 317 g/mol. The van der Waals surface area contributed by atoms with Gasteiger partial charge in [0.25, 0.3) is 5.91 Å². The van der Waals surface area contributed by atoms with Gasteiger partial charge in [0.2, 0.25) is 0 Å². The van der Waals surface area contributed by atoms with Gasteiger partial charge < -0.3 is 11.5 Å². The first-order valence-corrected chi connectivity index (χ1v) is 6.45. The fraction of sp³-hybridized carbons (Fsp3) is 0.429. The standard InChI is InChI=1S/C14H15F4N3O/c1-13(2)9(10(13)11(22)21-12(19)20)6-3-7(14(16,17)18)5-8(15)4-6/h3-5,9-10H,1-2H3,(H4,19,20,21,22). The number of alkyl halides is 3. The highest BCUT2D eigenvalue weighted by Gasteiger charge is 2.62. The highest BCUT2D eigenvalue weighted by Crippen LogP contribution is 2.65. The molecule has 2 atom stereocenters. The summed E-state index contributed by atoms with van der Waals surface area (Å²) >= 11 is 0. The number of carbonyl (C=O) groups excluding carboxylic acids is 1. The minimum absolute atomic E-state index is 0.112. The fourth-order valence-electron chi connectivity index (χ4n) is 2.87. The van der Waals surface area contributed by atoms with E-state index in [0.717, 1.165) is 12.1 Å². The van der Waals surface area contributed by atoms with Crippen LogP contribution in [0.25, 0.3) is 0 Å². The third-order valence-electron chi connectivity index (χ3n) is 3.94. The molecule has 0 spiro atoms. The van der Waals surface area contributed by atoms with Gasteiger partial charge in [0.05, 0.1) is 11.5 Å². The van der Waals surface area contributed by atoms with Crippen LogP contribution in [-0.4, -0.2) is 11.9 Å². The lowest BCUT2D eigenvalue weighted by Gasteiger charge is -2.10. The molecule has 2 unspecified atom stereocenters. The highest BCUT2D eigenvalue weighted by molar-refractivity contribution is 5.95. The third kappa shape index (κ3) is 2.90. The number of hydrogen-bond donors (Lipinski definition) is 2. The number of rotatable bonds is 2. The van der Waals surface area contributed by atoms with Crippen LogP contribution in [0.1, 0.15) is 30.9 Å². The van der Waals surface area contributed by atoms with Gasteiger partial charge in [-0.3, -0.25) is 4.79 Å². The van der Waals surface area contributed by atoms with Crippen LogP contribution in [0.4, 0.5) is 17.6 Å². The van der Waals surface area contributed by atoms with Crippen LogP contribution in [0.3, 0.4) is 0 Å². The van der Waals surface area contributed by atoms with Crippen molar-refractivity contribution in [1.29, 1.82) is 0 Å². The van der Waals surface area contributed by atoms with Gasteiger partial charge in [-0.05, 0) is 29.2 Å². The maximum Gasteiger partial charge on any atom is 0.416 e. The molecule has 8 heteroatoms. The Balaban J connectivity index is 2.39. The van der Waals surface area contributed by atoms with Crippen molar-refractivity contribution in [3.8, 4) is 0 Å². The van der Waals surface area contributed by atoms with Gasteiger partial charge >= 0.3 is 6.18 Å². The molecule has 4 N–H and O–H groups in total. The van der Waals surface area contributed by atoms with E-state index in [1.165, 1.54) is 0 Å². The quantitative estimate of drug-likeness (QED) is 0.499. The Morgan fingerprint density at radius 2 is 1.82 bits per heavy atom. The average Bonchev–Trinajstić information content (AvgIpc) is 2.89. The minimum atomic E-state index is -4.66. The van der Waals surface area contributed by atoms with Crippen molar-refractivity contribution in [2.24, 2.45) is 27.8 Å². The Kier molecular flexibility index (Phi) is 3.67. The molecule has 120 valence electrons. The van der Waals surface area contributed by atoms with Crippen molar-refractivity contribution in [3.05, 3.63) is 35.1 Å². The Bertz CT molecular complexity index is 648. The molecule has 22 heavy (non-hydrogen) atoms. The molecule has 1 aromatic carbocycles. The third-order valence-corrected chi connectivity index (χ3v) is 3.94. The number of amides is 1. The zero-order valence-corrected chi connectivity index (χ0v) is 11.9.